The van der Waals surface area contributed by atoms with Crippen molar-refractivity contribution in [2.75, 3.05) is 18.8 Å². The Morgan fingerprint density at radius 1 is 1.30 bits per heavy atom. The van der Waals surface area contributed by atoms with Crippen LogP contribution in [0.1, 0.15) is 24.3 Å². The summed E-state index contributed by atoms with van der Waals surface area (Å²) in [6.07, 6.45) is 1.65. The van der Waals surface area contributed by atoms with E-state index in [0.717, 1.165) is 5.69 Å². The van der Waals surface area contributed by atoms with Gasteiger partial charge in [0, 0.05) is 41.5 Å². The molecule has 2 aromatic rings. The fraction of sp³-hybridized carbons (Fsp3) is 0.375. The topological polar surface area (TPSA) is 58.1 Å². The number of carbonyl (C=O) groups is 1. The second kappa shape index (κ2) is 6.05. The first-order valence-corrected chi connectivity index (χ1v) is 9.16. The van der Waals surface area contributed by atoms with Crippen LogP contribution in [0, 0.1) is 4.77 Å². The Balaban J connectivity index is 1.96. The lowest BCUT2D eigenvalue weighted by atomic mass is 10.1. The van der Waals surface area contributed by atoms with Crippen LogP contribution in [-0.4, -0.2) is 48.2 Å². The van der Waals surface area contributed by atoms with Crippen molar-refractivity contribution in [2.45, 2.75) is 18.6 Å². The van der Waals surface area contributed by atoms with E-state index >= 15 is 0 Å². The van der Waals surface area contributed by atoms with Gasteiger partial charge in [-0.25, -0.2) is 0 Å². The number of H-pyrrole nitrogens is 1. The number of rotatable bonds is 2. The first-order valence-electron chi connectivity index (χ1n) is 7.44. The fourth-order valence-electron chi connectivity index (χ4n) is 2.77. The molecular formula is C16H19N3O2S2. The number of imidazole rings is 1. The molecule has 1 N–H and O–H groups in total. The van der Waals surface area contributed by atoms with E-state index in [4.69, 9.17) is 12.2 Å². The van der Waals surface area contributed by atoms with Gasteiger partial charge in [0.05, 0.1) is 4.75 Å². The molecule has 1 aliphatic heterocycles. The predicted octanol–water partition coefficient (Wildman–Crippen LogP) is 2.52. The highest BCUT2D eigenvalue weighted by Gasteiger charge is 2.36. The molecule has 0 aliphatic carbocycles. The summed E-state index contributed by atoms with van der Waals surface area (Å²) in [6, 6.07) is 9.56. The molecule has 2 heterocycles. The standard InChI is InChI=1S/C16H19N3O2S2/c1-16(2)11-18(8-9-23(16)21)14(20)13-10-17-15(22)19(13)12-6-4-3-5-7-12/h3-7,10H,8-9,11H2,1-2H3,(H,17,22)/t23-/m0/s1. The van der Waals surface area contributed by atoms with Gasteiger partial charge in [0.25, 0.3) is 5.91 Å². The summed E-state index contributed by atoms with van der Waals surface area (Å²) in [7, 11) is -0.909. The van der Waals surface area contributed by atoms with Gasteiger partial charge in [0.1, 0.15) is 5.69 Å². The second-order valence-corrected chi connectivity index (χ2v) is 8.78. The maximum Gasteiger partial charge on any atom is 0.272 e. The molecule has 122 valence electrons. The molecule has 0 saturated carbocycles. The zero-order valence-corrected chi connectivity index (χ0v) is 14.7. The minimum atomic E-state index is -0.909. The van der Waals surface area contributed by atoms with Gasteiger partial charge in [-0.1, -0.05) is 18.2 Å². The average molecular weight is 349 g/mol. The molecule has 23 heavy (non-hydrogen) atoms. The van der Waals surface area contributed by atoms with Crippen molar-refractivity contribution in [2.24, 2.45) is 0 Å². The van der Waals surface area contributed by atoms with E-state index < -0.39 is 15.5 Å². The van der Waals surface area contributed by atoms with Gasteiger partial charge in [-0.3, -0.25) is 13.6 Å². The Labute approximate surface area is 142 Å². The summed E-state index contributed by atoms with van der Waals surface area (Å²) >= 11 is 5.33. The lowest BCUT2D eigenvalue weighted by Crippen LogP contribution is -2.52. The monoisotopic (exact) mass is 349 g/mol. The highest BCUT2D eigenvalue weighted by Crippen LogP contribution is 2.22. The third kappa shape index (κ3) is 3.03. The molecular weight excluding hydrogens is 330 g/mol. The van der Waals surface area contributed by atoms with E-state index in [2.05, 4.69) is 4.98 Å². The molecule has 3 rings (SSSR count). The van der Waals surface area contributed by atoms with Gasteiger partial charge in [-0.05, 0) is 38.2 Å². The van der Waals surface area contributed by atoms with Crippen LogP contribution in [0.2, 0.25) is 0 Å². The van der Waals surface area contributed by atoms with Crippen LogP contribution in [0.5, 0.6) is 0 Å². The summed E-state index contributed by atoms with van der Waals surface area (Å²) in [6.45, 7) is 4.85. The van der Waals surface area contributed by atoms with Gasteiger partial charge in [0.15, 0.2) is 4.77 Å². The highest BCUT2D eigenvalue weighted by atomic mass is 32.2. The van der Waals surface area contributed by atoms with Crippen molar-refractivity contribution in [3.05, 3.63) is 47.0 Å². The number of aromatic amines is 1. The average Bonchev–Trinajstić information content (AvgIpc) is 2.91. The molecule has 1 amide bonds. The maximum atomic E-state index is 12.9. The summed E-state index contributed by atoms with van der Waals surface area (Å²) in [5.41, 5.74) is 1.35. The van der Waals surface area contributed by atoms with Crippen molar-refractivity contribution >= 4 is 28.9 Å². The van der Waals surface area contributed by atoms with Gasteiger partial charge in [0.2, 0.25) is 0 Å². The Hall–Kier alpha value is -1.73. The molecule has 0 bridgehead atoms. The number of hydrogen-bond acceptors (Lipinski definition) is 3. The quantitative estimate of drug-likeness (QED) is 0.848. The number of nitrogens with one attached hydrogen (secondary N) is 1. The van der Waals surface area contributed by atoms with E-state index in [1.165, 1.54) is 0 Å². The van der Waals surface area contributed by atoms with Crippen LogP contribution >= 0.6 is 12.2 Å². The molecule has 1 aromatic heterocycles. The van der Waals surface area contributed by atoms with Crippen molar-refractivity contribution in [3.63, 3.8) is 0 Å². The van der Waals surface area contributed by atoms with E-state index in [9.17, 15) is 9.00 Å². The predicted molar refractivity (Wildman–Crippen MR) is 93.9 cm³/mol. The molecule has 1 atom stereocenters. The third-order valence-corrected chi connectivity index (χ3v) is 6.25. The number of hydrogen-bond donors (Lipinski definition) is 1. The van der Waals surface area contributed by atoms with Crippen LogP contribution in [0.15, 0.2) is 36.5 Å². The Morgan fingerprint density at radius 2 is 2.00 bits per heavy atom. The number of aromatic nitrogens is 2. The van der Waals surface area contributed by atoms with E-state index in [1.807, 2.05) is 44.2 Å². The summed E-state index contributed by atoms with van der Waals surface area (Å²) in [5.74, 6) is 0.417. The van der Waals surface area contributed by atoms with Crippen LogP contribution in [0.4, 0.5) is 0 Å². The number of carbonyl (C=O) groups excluding carboxylic acids is 1. The van der Waals surface area contributed by atoms with Crippen LogP contribution < -0.4 is 0 Å². The fourth-order valence-corrected chi connectivity index (χ4v) is 4.28. The minimum Gasteiger partial charge on any atom is -0.336 e. The maximum absolute atomic E-state index is 12.9. The van der Waals surface area contributed by atoms with E-state index in [1.54, 1.807) is 15.7 Å². The lowest BCUT2D eigenvalue weighted by Gasteiger charge is -2.37. The number of nitrogens with zero attached hydrogens (tertiary/aromatic N) is 2. The van der Waals surface area contributed by atoms with Gasteiger partial charge in [-0.2, -0.15) is 0 Å². The number of para-hydroxylation sites is 1. The molecule has 5 nitrogen and oxygen atoms in total. The second-order valence-electron chi connectivity index (χ2n) is 6.19. The molecule has 0 spiro atoms. The molecule has 1 aromatic carbocycles. The van der Waals surface area contributed by atoms with Crippen molar-refractivity contribution in [1.82, 2.24) is 14.5 Å². The highest BCUT2D eigenvalue weighted by molar-refractivity contribution is 7.86. The summed E-state index contributed by atoms with van der Waals surface area (Å²) in [4.78, 5) is 17.7. The van der Waals surface area contributed by atoms with Crippen molar-refractivity contribution in [1.29, 1.82) is 0 Å². The SMILES string of the molecule is CC1(C)CN(C(=O)c2c[nH]c(=S)n2-c2ccccc2)CC[S@@]1=O. The van der Waals surface area contributed by atoms with Gasteiger partial charge < -0.3 is 9.88 Å². The zero-order valence-electron chi connectivity index (χ0n) is 13.1. The summed E-state index contributed by atoms with van der Waals surface area (Å²) < 4.78 is 13.9. The van der Waals surface area contributed by atoms with Crippen LogP contribution in [0.3, 0.4) is 0 Å². The largest absolute Gasteiger partial charge is 0.336 e. The Morgan fingerprint density at radius 3 is 2.65 bits per heavy atom. The smallest absolute Gasteiger partial charge is 0.272 e. The van der Waals surface area contributed by atoms with Gasteiger partial charge >= 0.3 is 0 Å². The molecule has 1 aliphatic rings. The normalized spacial score (nSPS) is 20.4. The van der Waals surface area contributed by atoms with Crippen molar-refractivity contribution in [3.8, 4) is 5.69 Å². The third-order valence-electron chi connectivity index (χ3n) is 4.03. The molecule has 0 radical (unpaired) electrons. The number of benzene rings is 1. The molecule has 7 heteroatoms. The molecule has 0 unspecified atom stereocenters. The zero-order chi connectivity index (χ0) is 16.6. The van der Waals surface area contributed by atoms with Gasteiger partial charge in [-0.15, -0.1) is 0 Å². The number of amides is 1. The first-order chi connectivity index (χ1) is 10.9. The Kier molecular flexibility index (Phi) is 4.25. The molecule has 1 fully saturated rings. The molecule has 1 saturated heterocycles. The first kappa shape index (κ1) is 16.1. The van der Waals surface area contributed by atoms with E-state index in [-0.39, 0.29) is 5.91 Å². The minimum absolute atomic E-state index is 0.0917. The summed E-state index contributed by atoms with van der Waals surface area (Å²) in [5, 5.41) is 0. The lowest BCUT2D eigenvalue weighted by molar-refractivity contribution is 0.0737. The Bertz CT molecular complexity index is 808. The van der Waals surface area contributed by atoms with Crippen LogP contribution in [0.25, 0.3) is 5.69 Å². The van der Waals surface area contributed by atoms with E-state index in [0.29, 0.717) is 29.3 Å². The van der Waals surface area contributed by atoms with Crippen LogP contribution in [-0.2, 0) is 10.8 Å². The van der Waals surface area contributed by atoms with Crippen molar-refractivity contribution < 1.29 is 9.00 Å².